The van der Waals surface area contributed by atoms with E-state index in [-0.39, 0.29) is 17.4 Å². The molecule has 0 bridgehead atoms. The fourth-order valence-electron chi connectivity index (χ4n) is 3.36. The Labute approximate surface area is 170 Å². The van der Waals surface area contributed by atoms with Crippen LogP contribution >= 0.6 is 0 Å². The van der Waals surface area contributed by atoms with E-state index in [0.717, 1.165) is 19.0 Å². The van der Waals surface area contributed by atoms with E-state index in [1.54, 1.807) is 19.4 Å². The number of aromatic amines is 2. The number of hydrogen-bond acceptors (Lipinski definition) is 5. The number of anilines is 2. The molecule has 3 aromatic rings. The van der Waals surface area contributed by atoms with Crippen molar-refractivity contribution in [2.75, 3.05) is 37.5 Å². The highest BCUT2D eigenvalue weighted by atomic mass is 19.2. The largest absolute Gasteiger partial charge is 0.491 e. The summed E-state index contributed by atoms with van der Waals surface area (Å²) in [6, 6.07) is 4.38. The molecule has 10 heteroatoms. The first-order valence-electron chi connectivity index (χ1n) is 9.18. The Kier molecular flexibility index (Phi) is 6.68. The number of methoxy groups -OCH3 is 2. The number of nitrogens with one attached hydrogen (secondary N) is 3. The van der Waals surface area contributed by atoms with Crippen molar-refractivity contribution in [1.29, 1.82) is 0 Å². The summed E-state index contributed by atoms with van der Waals surface area (Å²) < 4.78 is 36.8. The van der Waals surface area contributed by atoms with Gasteiger partial charge in [-0.25, -0.2) is 4.39 Å². The molecule has 1 amide bonds. The highest BCUT2D eigenvalue weighted by Gasteiger charge is 2.26. The Morgan fingerprint density at radius 2 is 2.03 bits per heavy atom. The lowest BCUT2D eigenvalue weighted by molar-refractivity contribution is -0.105. The zero-order valence-corrected chi connectivity index (χ0v) is 16.5. The van der Waals surface area contributed by atoms with Crippen molar-refractivity contribution in [2.45, 2.75) is 12.5 Å². The van der Waals surface area contributed by atoms with Crippen LogP contribution < -0.4 is 20.5 Å². The molecule has 8 nitrogen and oxygen atoms in total. The topological polar surface area (TPSA) is 99.4 Å². The van der Waals surface area contributed by atoms with Crippen molar-refractivity contribution >= 4 is 28.7 Å². The third-order valence-corrected chi connectivity index (χ3v) is 4.88. The van der Waals surface area contributed by atoms with E-state index in [2.05, 4.69) is 15.3 Å². The summed E-state index contributed by atoms with van der Waals surface area (Å²) in [4.78, 5) is 28.6. The number of nitrogens with zero attached hydrogens (tertiary/aromatic N) is 1. The van der Waals surface area contributed by atoms with E-state index < -0.39 is 11.6 Å². The summed E-state index contributed by atoms with van der Waals surface area (Å²) in [5.41, 5.74) is 1.45. The molecular weight excluding hydrogens is 398 g/mol. The van der Waals surface area contributed by atoms with Gasteiger partial charge in [0.15, 0.2) is 11.6 Å². The van der Waals surface area contributed by atoms with Gasteiger partial charge in [-0.15, -0.1) is 0 Å². The van der Waals surface area contributed by atoms with E-state index in [0.29, 0.717) is 35.2 Å². The summed E-state index contributed by atoms with van der Waals surface area (Å²) in [5, 5.41) is 3.20. The van der Waals surface area contributed by atoms with Crippen LogP contribution in [0.2, 0.25) is 0 Å². The first-order valence-corrected chi connectivity index (χ1v) is 9.18. The van der Waals surface area contributed by atoms with Gasteiger partial charge in [0.2, 0.25) is 12.2 Å². The van der Waals surface area contributed by atoms with Gasteiger partial charge in [-0.05, 0) is 24.6 Å². The molecule has 1 fully saturated rings. The Morgan fingerprint density at radius 1 is 1.23 bits per heavy atom. The van der Waals surface area contributed by atoms with Crippen LogP contribution in [-0.2, 0) is 9.53 Å². The lowest BCUT2D eigenvalue weighted by Crippen LogP contribution is -2.23. The second kappa shape index (κ2) is 9.40. The standard InChI is InChI=1S/C12H15F2NO2.C8H7N3O2/c1-16-8-5-6-15(7-8)10-4-3-9(13)11(14)12(10)17-2;12-4-11-6-3-10-7-5(6)1-2-9-8(7)13/h3-4,8H,5-7H2,1-2H3;1-4,10H,(H,9,13)(H,11,12). The maximum atomic E-state index is 13.5. The molecular formula is C20H22F2N4O4. The molecule has 160 valence electrons. The molecule has 30 heavy (non-hydrogen) atoms. The first kappa shape index (κ1) is 21.3. The molecule has 2 aromatic heterocycles. The van der Waals surface area contributed by atoms with Gasteiger partial charge in [-0.3, -0.25) is 9.59 Å². The minimum Gasteiger partial charge on any atom is -0.491 e. The Bertz CT molecular complexity index is 1080. The molecule has 1 aliphatic heterocycles. The number of carbonyl (C=O) groups is 1. The highest BCUT2D eigenvalue weighted by Crippen LogP contribution is 2.34. The van der Waals surface area contributed by atoms with Gasteiger partial charge in [0.1, 0.15) is 5.52 Å². The number of benzene rings is 1. The number of pyridine rings is 1. The molecule has 0 radical (unpaired) electrons. The average molecular weight is 420 g/mol. The molecule has 1 saturated heterocycles. The zero-order valence-electron chi connectivity index (χ0n) is 16.5. The van der Waals surface area contributed by atoms with Crippen LogP contribution in [-0.4, -0.2) is 49.8 Å². The minimum atomic E-state index is -0.939. The monoisotopic (exact) mass is 420 g/mol. The van der Waals surface area contributed by atoms with Crippen LogP contribution in [0.25, 0.3) is 10.9 Å². The number of hydrogen-bond donors (Lipinski definition) is 3. The smallest absolute Gasteiger partial charge is 0.272 e. The molecule has 0 spiro atoms. The average Bonchev–Trinajstić information content (AvgIpc) is 3.39. The van der Waals surface area contributed by atoms with Gasteiger partial charge in [-0.1, -0.05) is 0 Å². The molecule has 3 heterocycles. The highest BCUT2D eigenvalue weighted by molar-refractivity contribution is 5.95. The van der Waals surface area contributed by atoms with Gasteiger partial charge >= 0.3 is 0 Å². The predicted octanol–water partition coefficient (Wildman–Crippen LogP) is 2.62. The number of amides is 1. The lowest BCUT2D eigenvalue weighted by Gasteiger charge is -2.21. The molecule has 0 aliphatic carbocycles. The van der Waals surface area contributed by atoms with E-state index in [9.17, 15) is 18.4 Å². The van der Waals surface area contributed by atoms with Gasteiger partial charge in [0.25, 0.3) is 5.56 Å². The summed E-state index contributed by atoms with van der Waals surface area (Å²) >= 11 is 0. The minimum absolute atomic E-state index is 0.0400. The number of rotatable bonds is 5. The molecule has 1 unspecified atom stereocenters. The van der Waals surface area contributed by atoms with Gasteiger partial charge in [0.05, 0.1) is 24.6 Å². The summed E-state index contributed by atoms with van der Waals surface area (Å²) in [6.45, 7) is 1.41. The fourth-order valence-corrected chi connectivity index (χ4v) is 3.36. The quantitative estimate of drug-likeness (QED) is 0.551. The van der Waals surface area contributed by atoms with Crippen LogP contribution in [0.4, 0.5) is 20.2 Å². The number of ether oxygens (including phenoxy) is 2. The molecule has 4 rings (SSSR count). The Balaban J connectivity index is 0.000000177. The number of carbonyl (C=O) groups excluding carboxylic acids is 1. The van der Waals surface area contributed by atoms with Gasteiger partial charge in [0, 0.05) is 38.0 Å². The molecule has 1 aromatic carbocycles. The number of fused-ring (bicyclic) bond motifs is 1. The van der Waals surface area contributed by atoms with Crippen molar-refractivity contribution in [3.63, 3.8) is 0 Å². The Hall–Kier alpha value is -3.40. The summed E-state index contributed by atoms with van der Waals surface area (Å²) in [7, 11) is 2.99. The fraction of sp³-hybridized carbons (Fsp3) is 0.300. The SMILES string of the molecule is COc1c(N2CCC(OC)C2)ccc(F)c1F.O=CNc1c[nH]c2c(=O)[nH]ccc12. The summed E-state index contributed by atoms with van der Waals surface area (Å²) in [6.07, 6.45) is 4.69. The molecule has 1 atom stereocenters. The Morgan fingerprint density at radius 3 is 2.70 bits per heavy atom. The van der Waals surface area contributed by atoms with Crippen LogP contribution in [0.3, 0.4) is 0 Å². The number of aromatic nitrogens is 2. The van der Waals surface area contributed by atoms with E-state index >= 15 is 0 Å². The van der Waals surface area contributed by atoms with Crippen LogP contribution in [0.5, 0.6) is 5.75 Å². The van der Waals surface area contributed by atoms with Crippen molar-refractivity contribution in [3.8, 4) is 5.75 Å². The lowest BCUT2D eigenvalue weighted by atomic mass is 10.2. The van der Waals surface area contributed by atoms with Crippen molar-refractivity contribution < 1.29 is 23.0 Å². The third-order valence-electron chi connectivity index (χ3n) is 4.88. The van der Waals surface area contributed by atoms with E-state index in [1.807, 2.05) is 4.90 Å². The first-order chi connectivity index (χ1) is 14.5. The summed E-state index contributed by atoms with van der Waals surface area (Å²) in [5.74, 6) is -1.87. The predicted molar refractivity (Wildman–Crippen MR) is 109 cm³/mol. The molecule has 0 saturated carbocycles. The van der Waals surface area contributed by atoms with Gasteiger partial charge < -0.3 is 29.7 Å². The number of H-pyrrole nitrogens is 2. The molecule has 1 aliphatic rings. The maximum Gasteiger partial charge on any atom is 0.272 e. The van der Waals surface area contributed by atoms with Crippen molar-refractivity contribution in [1.82, 2.24) is 9.97 Å². The second-order valence-corrected chi connectivity index (χ2v) is 6.57. The van der Waals surface area contributed by atoms with E-state index in [1.165, 1.54) is 19.4 Å². The van der Waals surface area contributed by atoms with Crippen LogP contribution in [0, 0.1) is 11.6 Å². The third kappa shape index (κ3) is 4.28. The molecule has 3 N–H and O–H groups in total. The normalized spacial score (nSPS) is 15.6. The zero-order chi connectivity index (χ0) is 21.7. The number of halogens is 2. The van der Waals surface area contributed by atoms with Crippen LogP contribution in [0.15, 0.2) is 35.4 Å². The second-order valence-electron chi connectivity index (χ2n) is 6.57. The van der Waals surface area contributed by atoms with Crippen LogP contribution in [0.1, 0.15) is 6.42 Å². The van der Waals surface area contributed by atoms with Crippen molar-refractivity contribution in [3.05, 3.63) is 52.6 Å². The van der Waals surface area contributed by atoms with E-state index in [4.69, 9.17) is 9.47 Å². The van der Waals surface area contributed by atoms with Gasteiger partial charge in [-0.2, -0.15) is 4.39 Å². The van der Waals surface area contributed by atoms with Crippen molar-refractivity contribution in [2.24, 2.45) is 0 Å². The maximum absolute atomic E-state index is 13.5.